The summed E-state index contributed by atoms with van der Waals surface area (Å²) in [5, 5.41) is 5.88. The highest BCUT2D eigenvalue weighted by molar-refractivity contribution is 5.93. The van der Waals surface area contributed by atoms with Crippen molar-refractivity contribution in [3.8, 4) is 11.5 Å². The van der Waals surface area contributed by atoms with Gasteiger partial charge in [0.1, 0.15) is 11.1 Å². The summed E-state index contributed by atoms with van der Waals surface area (Å²) in [6.45, 7) is 2.49. The number of aromatic amines is 1. The first-order valence-corrected chi connectivity index (χ1v) is 10.6. The monoisotopic (exact) mass is 456 g/mol. The van der Waals surface area contributed by atoms with Gasteiger partial charge >= 0.3 is 0 Å². The van der Waals surface area contributed by atoms with Crippen LogP contribution in [0.2, 0.25) is 0 Å². The number of ether oxygens (including phenoxy) is 3. The Morgan fingerprint density at radius 1 is 1.33 bits per heavy atom. The van der Waals surface area contributed by atoms with Crippen LogP contribution < -0.4 is 25.7 Å². The summed E-state index contributed by atoms with van der Waals surface area (Å²) in [4.78, 5) is 31.9. The van der Waals surface area contributed by atoms with Crippen molar-refractivity contribution in [2.75, 3.05) is 33.4 Å². The number of amides is 1. The van der Waals surface area contributed by atoms with Crippen molar-refractivity contribution < 1.29 is 23.4 Å². The van der Waals surface area contributed by atoms with Gasteiger partial charge in [0, 0.05) is 26.1 Å². The molecule has 33 heavy (non-hydrogen) atoms. The number of hydrogen-bond acceptors (Lipinski definition) is 7. The Labute approximate surface area is 189 Å². The van der Waals surface area contributed by atoms with Crippen LogP contribution in [0.25, 0.3) is 10.9 Å². The number of rotatable bonds is 8. The first-order valence-electron chi connectivity index (χ1n) is 10.6. The van der Waals surface area contributed by atoms with Gasteiger partial charge in [-0.3, -0.25) is 9.59 Å². The highest BCUT2D eigenvalue weighted by atomic mass is 19.1. The molecule has 0 radical (unpaired) electrons. The standard InChI is InChI=1S/C23H25FN4O5/c1-31-15-4-2-3-14(11-15)12-26-23(30)21-27-18-6-5-17(24)20(19(18)22(29)28-21)33-9-7-16-13-25-8-10-32-16/h2-6,11,16,25H,7-10,12-13H2,1H3,(H,26,30)(H,27,28,29). The molecular weight excluding hydrogens is 431 g/mol. The van der Waals surface area contributed by atoms with E-state index in [0.717, 1.165) is 12.1 Å². The number of benzene rings is 2. The van der Waals surface area contributed by atoms with Crippen LogP contribution in [-0.4, -0.2) is 55.4 Å². The molecule has 10 heteroatoms. The van der Waals surface area contributed by atoms with Crippen molar-refractivity contribution in [3.63, 3.8) is 0 Å². The highest BCUT2D eigenvalue weighted by Crippen LogP contribution is 2.25. The lowest BCUT2D eigenvalue weighted by atomic mass is 10.2. The summed E-state index contributed by atoms with van der Waals surface area (Å²) in [6.07, 6.45) is 0.506. The predicted octanol–water partition coefficient (Wildman–Crippen LogP) is 1.76. The first-order chi connectivity index (χ1) is 16.0. The summed E-state index contributed by atoms with van der Waals surface area (Å²) in [5.74, 6) is -0.930. The van der Waals surface area contributed by atoms with E-state index in [0.29, 0.717) is 25.3 Å². The van der Waals surface area contributed by atoms with E-state index in [4.69, 9.17) is 14.2 Å². The molecular formula is C23H25FN4O5. The Balaban J connectivity index is 1.48. The van der Waals surface area contributed by atoms with E-state index >= 15 is 0 Å². The number of halogens is 1. The number of nitrogens with one attached hydrogen (secondary N) is 3. The van der Waals surface area contributed by atoms with Crippen molar-refractivity contribution in [3.05, 3.63) is 64.0 Å². The molecule has 174 valence electrons. The second kappa shape index (κ2) is 10.4. The Kier molecular flexibility index (Phi) is 7.16. The zero-order chi connectivity index (χ0) is 23.2. The number of aromatic nitrogens is 2. The van der Waals surface area contributed by atoms with Gasteiger partial charge < -0.3 is 29.8 Å². The molecule has 0 saturated carbocycles. The summed E-state index contributed by atoms with van der Waals surface area (Å²) in [6, 6.07) is 9.74. The molecule has 9 nitrogen and oxygen atoms in total. The zero-order valence-corrected chi connectivity index (χ0v) is 18.2. The molecule has 1 fully saturated rings. The minimum Gasteiger partial charge on any atom is -0.497 e. The first kappa shape index (κ1) is 22.7. The molecule has 1 aromatic heterocycles. The molecule has 3 aromatic rings. The average molecular weight is 456 g/mol. The molecule has 1 atom stereocenters. The Morgan fingerprint density at radius 2 is 2.21 bits per heavy atom. The zero-order valence-electron chi connectivity index (χ0n) is 18.2. The molecule has 1 aliphatic heterocycles. The normalized spacial score (nSPS) is 15.9. The topological polar surface area (TPSA) is 115 Å². The third-order valence-corrected chi connectivity index (χ3v) is 5.27. The number of carbonyl (C=O) groups is 1. The molecule has 2 heterocycles. The number of carbonyl (C=O) groups excluding carboxylic acids is 1. The van der Waals surface area contributed by atoms with Crippen LogP contribution in [0.4, 0.5) is 4.39 Å². The van der Waals surface area contributed by atoms with Gasteiger partial charge in [-0.2, -0.15) is 0 Å². The fourth-order valence-corrected chi connectivity index (χ4v) is 3.57. The van der Waals surface area contributed by atoms with Crippen molar-refractivity contribution in [1.29, 1.82) is 0 Å². The molecule has 2 aromatic carbocycles. The number of H-pyrrole nitrogens is 1. The van der Waals surface area contributed by atoms with E-state index < -0.39 is 17.3 Å². The largest absolute Gasteiger partial charge is 0.497 e. The van der Waals surface area contributed by atoms with E-state index in [1.165, 1.54) is 12.1 Å². The molecule has 1 unspecified atom stereocenters. The Morgan fingerprint density at radius 3 is 3.00 bits per heavy atom. The summed E-state index contributed by atoms with van der Waals surface area (Å²) in [5.41, 5.74) is 0.328. The van der Waals surface area contributed by atoms with Gasteiger partial charge in [-0.1, -0.05) is 12.1 Å². The number of nitrogens with zero attached hydrogens (tertiary/aromatic N) is 1. The molecule has 3 N–H and O–H groups in total. The molecule has 0 spiro atoms. The number of methoxy groups -OCH3 is 1. The van der Waals surface area contributed by atoms with Crippen molar-refractivity contribution in [2.45, 2.75) is 19.1 Å². The lowest BCUT2D eigenvalue weighted by Gasteiger charge is -2.23. The average Bonchev–Trinajstić information content (AvgIpc) is 2.84. The maximum Gasteiger partial charge on any atom is 0.287 e. The Hall–Kier alpha value is -3.50. The minimum atomic E-state index is -0.673. The van der Waals surface area contributed by atoms with Gasteiger partial charge in [0.25, 0.3) is 11.5 Å². The molecule has 1 amide bonds. The summed E-state index contributed by atoms with van der Waals surface area (Å²) in [7, 11) is 1.56. The van der Waals surface area contributed by atoms with E-state index in [2.05, 4.69) is 20.6 Å². The van der Waals surface area contributed by atoms with Crippen LogP contribution in [0.3, 0.4) is 0 Å². The maximum atomic E-state index is 14.5. The van der Waals surface area contributed by atoms with Gasteiger partial charge in [-0.05, 0) is 29.8 Å². The van der Waals surface area contributed by atoms with Crippen LogP contribution in [0.1, 0.15) is 22.6 Å². The van der Waals surface area contributed by atoms with Crippen LogP contribution in [-0.2, 0) is 11.3 Å². The third kappa shape index (κ3) is 5.47. The number of fused-ring (bicyclic) bond motifs is 1. The van der Waals surface area contributed by atoms with Crippen molar-refractivity contribution in [2.24, 2.45) is 0 Å². The van der Waals surface area contributed by atoms with E-state index in [-0.39, 0.29) is 41.7 Å². The third-order valence-electron chi connectivity index (χ3n) is 5.27. The molecule has 0 aliphatic carbocycles. The van der Waals surface area contributed by atoms with E-state index in [1.807, 2.05) is 12.1 Å². The van der Waals surface area contributed by atoms with E-state index in [9.17, 15) is 14.0 Å². The van der Waals surface area contributed by atoms with Crippen molar-refractivity contribution in [1.82, 2.24) is 20.6 Å². The van der Waals surface area contributed by atoms with Crippen LogP contribution in [0.5, 0.6) is 11.5 Å². The molecule has 1 saturated heterocycles. The van der Waals surface area contributed by atoms with Gasteiger partial charge in [0.15, 0.2) is 17.4 Å². The second-order valence-electron chi connectivity index (χ2n) is 7.55. The quantitative estimate of drug-likeness (QED) is 0.473. The highest BCUT2D eigenvalue weighted by Gasteiger charge is 2.19. The van der Waals surface area contributed by atoms with Crippen LogP contribution in [0.15, 0.2) is 41.2 Å². The smallest absolute Gasteiger partial charge is 0.287 e. The lowest BCUT2D eigenvalue weighted by Crippen LogP contribution is -2.39. The van der Waals surface area contributed by atoms with E-state index in [1.54, 1.807) is 19.2 Å². The Bertz CT molecular complexity index is 1190. The van der Waals surface area contributed by atoms with Gasteiger partial charge in [0.05, 0.1) is 31.9 Å². The fourth-order valence-electron chi connectivity index (χ4n) is 3.57. The maximum absolute atomic E-state index is 14.5. The summed E-state index contributed by atoms with van der Waals surface area (Å²) < 4.78 is 30.8. The van der Waals surface area contributed by atoms with Crippen LogP contribution >= 0.6 is 0 Å². The number of hydrogen-bond donors (Lipinski definition) is 3. The van der Waals surface area contributed by atoms with Gasteiger partial charge in [-0.25, -0.2) is 9.37 Å². The molecule has 0 bridgehead atoms. The summed E-state index contributed by atoms with van der Waals surface area (Å²) >= 11 is 0. The second-order valence-corrected chi connectivity index (χ2v) is 7.55. The van der Waals surface area contributed by atoms with Gasteiger partial charge in [-0.15, -0.1) is 0 Å². The fraction of sp³-hybridized carbons (Fsp3) is 0.348. The van der Waals surface area contributed by atoms with Crippen LogP contribution in [0, 0.1) is 5.82 Å². The van der Waals surface area contributed by atoms with Gasteiger partial charge in [0.2, 0.25) is 0 Å². The molecule has 4 rings (SSSR count). The lowest BCUT2D eigenvalue weighted by molar-refractivity contribution is 0.0157. The SMILES string of the molecule is COc1cccc(CNC(=O)c2nc3ccc(F)c(OCCC4CNCCO4)c3c(=O)[nH]2)c1. The predicted molar refractivity (Wildman–Crippen MR) is 119 cm³/mol. The minimum absolute atomic E-state index is 0.0342. The number of morpholine rings is 1. The molecule has 1 aliphatic rings. The van der Waals surface area contributed by atoms with Crippen molar-refractivity contribution >= 4 is 16.8 Å².